The molecule has 0 unspecified atom stereocenters. The van der Waals surface area contributed by atoms with Crippen LogP contribution in [0.25, 0.3) is 22.1 Å². The molecule has 10 heteroatoms. The second-order valence-electron chi connectivity index (χ2n) is 5.74. The number of carbonyl (C=O) groups is 1. The van der Waals surface area contributed by atoms with E-state index in [-0.39, 0.29) is 17.8 Å². The summed E-state index contributed by atoms with van der Waals surface area (Å²) in [5.74, 6) is 0.180. The number of H-pyrrole nitrogens is 1. The van der Waals surface area contributed by atoms with Crippen molar-refractivity contribution in [2.24, 2.45) is 0 Å². The van der Waals surface area contributed by atoms with Gasteiger partial charge in [0, 0.05) is 11.6 Å². The van der Waals surface area contributed by atoms with Gasteiger partial charge in [-0.2, -0.15) is 4.98 Å². The van der Waals surface area contributed by atoms with Crippen LogP contribution in [0.2, 0.25) is 0 Å². The molecule has 4 rings (SSSR count). The lowest BCUT2D eigenvalue weighted by molar-refractivity contribution is -0.115. The molecule has 27 heavy (non-hydrogen) atoms. The Bertz CT molecular complexity index is 1130. The number of nitrogens with one attached hydrogen (secondary N) is 2. The summed E-state index contributed by atoms with van der Waals surface area (Å²) in [6.45, 7) is 1.92. The van der Waals surface area contributed by atoms with Gasteiger partial charge in [0.1, 0.15) is 10.5 Å². The van der Waals surface area contributed by atoms with Gasteiger partial charge < -0.3 is 10.7 Å². The molecule has 136 valence electrons. The van der Waals surface area contributed by atoms with Gasteiger partial charge in [-0.1, -0.05) is 36.9 Å². The number of hydrogen-bond acceptors (Lipinski definition) is 8. The summed E-state index contributed by atoms with van der Waals surface area (Å²) in [6.07, 6.45) is 3.79. The molecule has 0 spiro atoms. The summed E-state index contributed by atoms with van der Waals surface area (Å²) in [5, 5.41) is 3.87. The van der Waals surface area contributed by atoms with Crippen molar-refractivity contribution >= 4 is 51.6 Å². The molecule has 4 N–H and O–H groups in total. The Morgan fingerprint density at radius 2 is 2.11 bits per heavy atom. The van der Waals surface area contributed by atoms with Crippen molar-refractivity contribution in [3.8, 4) is 0 Å². The number of rotatable bonds is 5. The second-order valence-corrected chi connectivity index (χ2v) is 6.94. The first-order valence-corrected chi connectivity index (χ1v) is 9.18. The van der Waals surface area contributed by atoms with E-state index in [0.717, 1.165) is 10.9 Å². The minimum absolute atomic E-state index is 0.116. The van der Waals surface area contributed by atoms with E-state index in [0.29, 0.717) is 22.6 Å². The SMILES string of the molecule is CC[C@H](Sc1nc(N)nc2nc[nH]c12)C(=O)Nc1ncc2ccccc2n1. The van der Waals surface area contributed by atoms with Crippen LogP contribution in [-0.4, -0.2) is 41.1 Å². The fourth-order valence-electron chi connectivity index (χ4n) is 2.59. The number of nitrogens with zero attached hydrogens (tertiary/aromatic N) is 5. The number of carbonyl (C=O) groups excluding carboxylic acids is 1. The first-order chi connectivity index (χ1) is 13.1. The first kappa shape index (κ1) is 17.2. The lowest BCUT2D eigenvalue weighted by Crippen LogP contribution is -2.25. The third kappa shape index (κ3) is 3.51. The molecule has 0 aliphatic rings. The molecule has 0 radical (unpaired) electrons. The van der Waals surface area contributed by atoms with Crippen molar-refractivity contribution in [1.29, 1.82) is 0 Å². The molecule has 1 atom stereocenters. The van der Waals surface area contributed by atoms with E-state index < -0.39 is 5.25 Å². The third-order valence-electron chi connectivity index (χ3n) is 3.91. The maximum absolute atomic E-state index is 12.7. The molecular weight excluding hydrogens is 364 g/mol. The van der Waals surface area contributed by atoms with Crippen LogP contribution in [0.15, 0.2) is 41.8 Å². The van der Waals surface area contributed by atoms with Gasteiger partial charge in [0.05, 0.1) is 17.1 Å². The summed E-state index contributed by atoms with van der Waals surface area (Å²) in [7, 11) is 0. The highest BCUT2D eigenvalue weighted by molar-refractivity contribution is 8.00. The molecular formula is C17H16N8OS. The number of para-hydroxylation sites is 1. The quantitative estimate of drug-likeness (QED) is 0.355. The van der Waals surface area contributed by atoms with Crippen molar-refractivity contribution in [1.82, 2.24) is 29.9 Å². The second kappa shape index (κ2) is 7.16. The van der Waals surface area contributed by atoms with Gasteiger partial charge in [-0.25, -0.2) is 19.9 Å². The third-order valence-corrected chi connectivity index (χ3v) is 5.26. The lowest BCUT2D eigenvalue weighted by atomic mass is 10.2. The Hall–Kier alpha value is -3.27. The highest BCUT2D eigenvalue weighted by Gasteiger charge is 2.22. The summed E-state index contributed by atoms with van der Waals surface area (Å²) in [5.41, 5.74) is 7.64. The Labute approximate surface area is 158 Å². The first-order valence-electron chi connectivity index (χ1n) is 8.30. The van der Waals surface area contributed by atoms with Crippen molar-refractivity contribution < 1.29 is 4.79 Å². The number of hydrogen-bond donors (Lipinski definition) is 3. The summed E-state index contributed by atoms with van der Waals surface area (Å²) < 4.78 is 0. The Morgan fingerprint density at radius 1 is 1.26 bits per heavy atom. The summed E-state index contributed by atoms with van der Waals surface area (Å²) >= 11 is 1.30. The molecule has 0 bridgehead atoms. The highest BCUT2D eigenvalue weighted by atomic mass is 32.2. The average molecular weight is 380 g/mol. The topological polar surface area (TPSA) is 135 Å². The molecule has 4 aromatic rings. The molecule has 0 saturated heterocycles. The zero-order valence-electron chi connectivity index (χ0n) is 14.4. The van der Waals surface area contributed by atoms with Crippen molar-refractivity contribution in [2.75, 3.05) is 11.1 Å². The van der Waals surface area contributed by atoms with Gasteiger partial charge in [-0.05, 0) is 12.5 Å². The molecule has 1 amide bonds. The van der Waals surface area contributed by atoms with Gasteiger partial charge in [-0.15, -0.1) is 0 Å². The normalized spacial score (nSPS) is 12.3. The smallest absolute Gasteiger partial charge is 0.240 e. The van der Waals surface area contributed by atoms with Crippen LogP contribution in [0.3, 0.4) is 0 Å². The molecule has 9 nitrogen and oxygen atoms in total. The number of amides is 1. The fourth-order valence-corrected chi connectivity index (χ4v) is 3.60. The number of fused-ring (bicyclic) bond motifs is 2. The maximum atomic E-state index is 12.7. The van der Waals surface area contributed by atoms with E-state index in [4.69, 9.17) is 5.73 Å². The zero-order chi connectivity index (χ0) is 18.8. The molecule has 0 aliphatic heterocycles. The van der Waals surface area contributed by atoms with E-state index in [1.165, 1.54) is 18.1 Å². The lowest BCUT2D eigenvalue weighted by Gasteiger charge is -2.14. The number of anilines is 2. The Morgan fingerprint density at radius 3 is 2.96 bits per heavy atom. The molecule has 0 fully saturated rings. The van der Waals surface area contributed by atoms with E-state index in [9.17, 15) is 4.79 Å². The van der Waals surface area contributed by atoms with Gasteiger partial charge in [-0.3, -0.25) is 10.1 Å². The van der Waals surface area contributed by atoms with Crippen LogP contribution in [-0.2, 0) is 4.79 Å². The van der Waals surface area contributed by atoms with Crippen molar-refractivity contribution in [3.05, 3.63) is 36.8 Å². The molecule has 0 saturated carbocycles. The van der Waals surface area contributed by atoms with E-state index in [1.807, 2.05) is 31.2 Å². The van der Waals surface area contributed by atoms with Gasteiger partial charge in [0.15, 0.2) is 5.65 Å². The number of nitrogens with two attached hydrogens (primary N) is 1. The standard InChI is InChI=1S/C17H16N8OS/c1-2-11(27-15-12-13(21-8-20-12)23-16(18)25-15)14(26)24-17-19-7-9-5-3-4-6-10(9)22-17/h3-8,11H,2H2,1H3,(H,19,22,24,26)(H3,18,20,21,23,25)/t11-/m0/s1. The van der Waals surface area contributed by atoms with E-state index in [1.54, 1.807) is 6.20 Å². The highest BCUT2D eigenvalue weighted by Crippen LogP contribution is 2.29. The number of nitrogen functional groups attached to an aromatic ring is 1. The predicted octanol–water partition coefficient (Wildman–Crippen LogP) is 2.39. The number of aromatic amines is 1. The van der Waals surface area contributed by atoms with Gasteiger partial charge >= 0.3 is 0 Å². The van der Waals surface area contributed by atoms with Gasteiger partial charge in [0.25, 0.3) is 0 Å². The molecule has 0 aliphatic carbocycles. The molecule has 3 heterocycles. The zero-order valence-corrected chi connectivity index (χ0v) is 15.2. The summed E-state index contributed by atoms with van der Waals surface area (Å²) in [6, 6.07) is 7.59. The Kier molecular flexibility index (Phi) is 4.55. The number of thioether (sulfide) groups is 1. The monoisotopic (exact) mass is 380 g/mol. The van der Waals surface area contributed by atoms with Crippen molar-refractivity contribution in [2.45, 2.75) is 23.6 Å². The minimum atomic E-state index is -0.402. The van der Waals surface area contributed by atoms with Crippen molar-refractivity contribution in [3.63, 3.8) is 0 Å². The van der Waals surface area contributed by atoms with Crippen LogP contribution in [0, 0.1) is 0 Å². The average Bonchev–Trinajstić information content (AvgIpc) is 3.14. The fraction of sp³-hybridized carbons (Fsp3) is 0.176. The van der Waals surface area contributed by atoms with Crippen LogP contribution >= 0.6 is 11.8 Å². The largest absolute Gasteiger partial charge is 0.368 e. The van der Waals surface area contributed by atoms with Crippen LogP contribution in [0.5, 0.6) is 0 Å². The Balaban J connectivity index is 1.56. The van der Waals surface area contributed by atoms with Crippen LogP contribution in [0.4, 0.5) is 11.9 Å². The van der Waals surface area contributed by atoms with Crippen LogP contribution in [0.1, 0.15) is 13.3 Å². The van der Waals surface area contributed by atoms with E-state index in [2.05, 4.69) is 35.2 Å². The number of aromatic nitrogens is 6. The molecule has 1 aromatic carbocycles. The van der Waals surface area contributed by atoms with E-state index >= 15 is 0 Å². The minimum Gasteiger partial charge on any atom is -0.368 e. The number of benzene rings is 1. The molecule has 3 aromatic heterocycles. The summed E-state index contributed by atoms with van der Waals surface area (Å²) in [4.78, 5) is 36.7. The van der Waals surface area contributed by atoms with Gasteiger partial charge in [0.2, 0.25) is 17.8 Å². The van der Waals surface area contributed by atoms with Crippen LogP contribution < -0.4 is 11.1 Å². The number of imidazole rings is 1. The maximum Gasteiger partial charge on any atom is 0.240 e. The predicted molar refractivity (Wildman–Crippen MR) is 104 cm³/mol.